The molecular weight excluding hydrogens is 476 g/mol. The van der Waals surface area contributed by atoms with Crippen LogP contribution in [0.3, 0.4) is 0 Å². The summed E-state index contributed by atoms with van der Waals surface area (Å²) in [5.41, 5.74) is 10.3. The molecule has 7 rings (SSSR count). The predicted molar refractivity (Wildman–Crippen MR) is 162 cm³/mol. The van der Waals surface area contributed by atoms with E-state index in [1.54, 1.807) is 0 Å². The van der Waals surface area contributed by atoms with E-state index < -0.39 is 0 Å². The van der Waals surface area contributed by atoms with Gasteiger partial charge in [-0.05, 0) is 47.5 Å². The number of imidazole rings is 1. The van der Waals surface area contributed by atoms with Gasteiger partial charge < -0.3 is 4.90 Å². The van der Waals surface area contributed by atoms with Gasteiger partial charge in [0.15, 0.2) is 0 Å². The van der Waals surface area contributed by atoms with Gasteiger partial charge in [-0.15, -0.1) is 0 Å². The lowest BCUT2D eigenvalue weighted by Crippen LogP contribution is -2.18. The molecule has 6 aromatic rings. The first-order chi connectivity index (χ1) is 19.3. The Labute approximate surface area is 227 Å². The van der Waals surface area contributed by atoms with Crippen LogP contribution in [-0.2, 0) is 0 Å². The third-order valence-corrected chi connectivity index (χ3v) is 7.18. The number of allylic oxidation sites excluding steroid dienone is 4. The zero-order valence-corrected chi connectivity index (χ0v) is 21.4. The van der Waals surface area contributed by atoms with E-state index in [1.807, 2.05) is 30.3 Å². The Hall–Kier alpha value is -5.22. The predicted octanol–water partition coefficient (Wildman–Crippen LogP) is 8.49. The zero-order valence-electron chi connectivity index (χ0n) is 21.4. The van der Waals surface area contributed by atoms with Crippen LogP contribution in [0.15, 0.2) is 140 Å². The molecule has 1 aliphatic rings. The van der Waals surface area contributed by atoms with Crippen LogP contribution >= 0.6 is 0 Å². The van der Waals surface area contributed by atoms with E-state index in [9.17, 15) is 0 Å². The molecular formula is C35H26N4. The molecule has 0 aliphatic carbocycles. The van der Waals surface area contributed by atoms with Crippen molar-refractivity contribution in [2.45, 2.75) is 0 Å². The van der Waals surface area contributed by atoms with Gasteiger partial charge in [0.25, 0.3) is 0 Å². The first-order valence-electron chi connectivity index (χ1n) is 13.1. The first kappa shape index (κ1) is 22.9. The maximum absolute atomic E-state index is 5.08. The number of hydrogen-bond acceptors (Lipinski definition) is 3. The molecule has 0 N–H and O–H groups in total. The van der Waals surface area contributed by atoms with E-state index in [4.69, 9.17) is 9.97 Å². The van der Waals surface area contributed by atoms with E-state index >= 15 is 0 Å². The summed E-state index contributed by atoms with van der Waals surface area (Å²) in [7, 11) is 0. The quantitative estimate of drug-likeness (QED) is 0.243. The summed E-state index contributed by atoms with van der Waals surface area (Å²) in [6.07, 6.45) is 8.38. The van der Waals surface area contributed by atoms with Crippen LogP contribution in [0.5, 0.6) is 0 Å². The lowest BCUT2D eigenvalue weighted by molar-refractivity contribution is 1.09. The van der Waals surface area contributed by atoms with Crippen molar-refractivity contribution in [2.24, 2.45) is 0 Å². The van der Waals surface area contributed by atoms with E-state index in [-0.39, 0.29) is 0 Å². The molecule has 186 valence electrons. The topological polar surface area (TPSA) is 33.4 Å². The highest BCUT2D eigenvalue weighted by atomic mass is 15.1. The molecule has 4 nitrogen and oxygen atoms in total. The van der Waals surface area contributed by atoms with Gasteiger partial charge in [-0.2, -0.15) is 0 Å². The van der Waals surface area contributed by atoms with Crippen LogP contribution in [0, 0.1) is 0 Å². The number of para-hydroxylation sites is 3. The SMILES string of the molecule is C=C1/C=C\C=C/CN(c2ccccc2)c2cc(-c3cc(-c4ccccc4)n4c(n3)nc3ccccc34)ccc21. The fourth-order valence-electron chi connectivity index (χ4n) is 5.27. The van der Waals surface area contributed by atoms with E-state index in [0.717, 1.165) is 62.6 Å². The van der Waals surface area contributed by atoms with Gasteiger partial charge in [0, 0.05) is 29.0 Å². The second kappa shape index (κ2) is 9.58. The monoisotopic (exact) mass is 502 g/mol. The van der Waals surface area contributed by atoms with E-state index in [0.29, 0.717) is 5.78 Å². The highest BCUT2D eigenvalue weighted by molar-refractivity contribution is 5.88. The Morgan fingerprint density at radius 3 is 2.31 bits per heavy atom. The fourth-order valence-corrected chi connectivity index (χ4v) is 5.27. The summed E-state index contributed by atoms with van der Waals surface area (Å²) < 4.78 is 2.15. The normalized spacial score (nSPS) is 15.0. The number of benzene rings is 4. The number of anilines is 2. The van der Waals surface area contributed by atoms with Crippen molar-refractivity contribution in [3.8, 4) is 22.5 Å². The van der Waals surface area contributed by atoms with Crippen molar-refractivity contribution in [1.29, 1.82) is 0 Å². The molecule has 39 heavy (non-hydrogen) atoms. The van der Waals surface area contributed by atoms with Gasteiger partial charge >= 0.3 is 0 Å². The van der Waals surface area contributed by atoms with Gasteiger partial charge in [0.1, 0.15) is 0 Å². The van der Waals surface area contributed by atoms with Crippen LogP contribution < -0.4 is 4.90 Å². The van der Waals surface area contributed by atoms with Crippen LogP contribution in [-0.4, -0.2) is 20.9 Å². The Kier molecular flexibility index (Phi) is 5.64. The number of nitrogens with zero attached hydrogens (tertiary/aromatic N) is 4. The molecule has 0 fully saturated rings. The minimum atomic E-state index is 0.686. The summed E-state index contributed by atoms with van der Waals surface area (Å²) >= 11 is 0. The van der Waals surface area contributed by atoms with Crippen LogP contribution in [0.25, 0.3) is 44.9 Å². The van der Waals surface area contributed by atoms with Gasteiger partial charge in [-0.25, -0.2) is 9.97 Å². The Balaban J connectivity index is 1.47. The molecule has 1 aliphatic heterocycles. The molecule has 4 heteroatoms. The van der Waals surface area contributed by atoms with Crippen molar-refractivity contribution in [2.75, 3.05) is 11.4 Å². The molecule has 0 atom stereocenters. The second-order valence-electron chi connectivity index (χ2n) is 9.62. The average molecular weight is 503 g/mol. The number of aromatic nitrogens is 3. The van der Waals surface area contributed by atoms with Crippen LogP contribution in [0.4, 0.5) is 11.4 Å². The largest absolute Gasteiger partial charge is 0.337 e. The molecule has 2 aromatic heterocycles. The van der Waals surface area contributed by atoms with Crippen molar-refractivity contribution in [3.63, 3.8) is 0 Å². The maximum Gasteiger partial charge on any atom is 0.235 e. The molecule has 0 bridgehead atoms. The molecule has 4 aromatic carbocycles. The first-order valence-corrected chi connectivity index (χ1v) is 13.1. The van der Waals surface area contributed by atoms with E-state index in [2.05, 4.69) is 119 Å². The number of fused-ring (bicyclic) bond motifs is 4. The van der Waals surface area contributed by atoms with Crippen molar-refractivity contribution in [1.82, 2.24) is 14.4 Å². The molecule has 0 unspecified atom stereocenters. The molecule has 0 saturated heterocycles. The van der Waals surface area contributed by atoms with Crippen molar-refractivity contribution < 1.29 is 0 Å². The number of rotatable bonds is 3. The summed E-state index contributed by atoms with van der Waals surface area (Å²) in [4.78, 5) is 12.3. The third kappa shape index (κ3) is 4.12. The van der Waals surface area contributed by atoms with Crippen LogP contribution in [0.1, 0.15) is 5.56 Å². The Bertz CT molecular complexity index is 1900. The lowest BCUT2D eigenvalue weighted by atomic mass is 9.99. The van der Waals surface area contributed by atoms with Gasteiger partial charge in [0.05, 0.1) is 22.4 Å². The zero-order chi connectivity index (χ0) is 26.2. The number of hydrogen-bond donors (Lipinski definition) is 0. The Morgan fingerprint density at radius 1 is 0.692 bits per heavy atom. The fraction of sp³-hybridized carbons (Fsp3) is 0.0286. The van der Waals surface area contributed by atoms with E-state index in [1.165, 1.54) is 0 Å². The second-order valence-corrected chi connectivity index (χ2v) is 9.62. The highest BCUT2D eigenvalue weighted by Crippen LogP contribution is 2.37. The molecule has 3 heterocycles. The van der Waals surface area contributed by atoms with Gasteiger partial charge in [-0.3, -0.25) is 4.40 Å². The molecule has 0 spiro atoms. The van der Waals surface area contributed by atoms with Gasteiger partial charge in [0.2, 0.25) is 5.78 Å². The smallest absolute Gasteiger partial charge is 0.235 e. The van der Waals surface area contributed by atoms with Crippen molar-refractivity contribution >= 4 is 33.8 Å². The summed E-state index contributed by atoms with van der Waals surface area (Å²) in [6, 6.07) is 37.9. The molecule has 0 radical (unpaired) electrons. The third-order valence-electron chi connectivity index (χ3n) is 7.18. The average Bonchev–Trinajstić information content (AvgIpc) is 3.40. The maximum atomic E-state index is 5.08. The minimum absolute atomic E-state index is 0.686. The van der Waals surface area contributed by atoms with Crippen LogP contribution in [0.2, 0.25) is 0 Å². The van der Waals surface area contributed by atoms with Gasteiger partial charge in [-0.1, -0.05) is 104 Å². The highest BCUT2D eigenvalue weighted by Gasteiger charge is 2.18. The molecule has 0 saturated carbocycles. The van der Waals surface area contributed by atoms with Crippen molar-refractivity contribution in [3.05, 3.63) is 146 Å². The summed E-state index contributed by atoms with van der Waals surface area (Å²) in [5.74, 6) is 0.686. The Morgan fingerprint density at radius 2 is 1.46 bits per heavy atom. The standard InChI is InChI=1S/C35H26N4/c1-25-13-5-4-12-22-38(28-16-8-3-9-17-28)34-23-27(20-21-29(25)34)31-24-33(26-14-6-2-7-15-26)39-32-19-11-10-18-30(32)36-35(39)37-31/h2-21,23-24H,1,22H2/b12-4-,13-5-. The molecule has 0 amide bonds. The summed E-state index contributed by atoms with van der Waals surface area (Å²) in [5, 5.41) is 0. The summed E-state index contributed by atoms with van der Waals surface area (Å²) in [6.45, 7) is 5.11. The minimum Gasteiger partial charge on any atom is -0.337 e. The lowest BCUT2D eigenvalue weighted by Gasteiger charge is -2.27.